The molecule has 2 aromatic carbocycles. The third kappa shape index (κ3) is 2.81. The van der Waals surface area contributed by atoms with Crippen LogP contribution in [0.3, 0.4) is 0 Å². The largest absolute Gasteiger partial charge is 0.377 e. The number of sulfonamides is 1. The van der Waals surface area contributed by atoms with Crippen LogP contribution in [0.5, 0.6) is 0 Å². The lowest BCUT2D eigenvalue weighted by Gasteiger charge is -2.17. The van der Waals surface area contributed by atoms with Gasteiger partial charge >= 0.3 is 0 Å². The van der Waals surface area contributed by atoms with E-state index >= 15 is 0 Å². The molecule has 1 aromatic heterocycles. The number of hydrogen-bond acceptors (Lipinski definition) is 5. The summed E-state index contributed by atoms with van der Waals surface area (Å²) < 4.78 is 32.9. The molecule has 0 aliphatic rings. The van der Waals surface area contributed by atoms with Gasteiger partial charge in [-0.15, -0.1) is 0 Å². The van der Waals surface area contributed by atoms with Gasteiger partial charge in [-0.3, -0.25) is 4.72 Å². The molecule has 0 saturated heterocycles. The van der Waals surface area contributed by atoms with Crippen LogP contribution in [0.25, 0.3) is 10.8 Å². The minimum absolute atomic E-state index is 0.0186. The fourth-order valence-corrected chi connectivity index (χ4v) is 3.90. The van der Waals surface area contributed by atoms with E-state index in [0.717, 1.165) is 11.1 Å². The fraction of sp³-hybridized carbons (Fsp3) is 0.188. The predicted octanol–water partition coefficient (Wildman–Crippen LogP) is 3.66. The van der Waals surface area contributed by atoms with E-state index in [1.807, 2.05) is 37.2 Å². The smallest absolute Gasteiger partial charge is 0.263 e. The number of rotatable bonds is 4. The lowest BCUT2D eigenvalue weighted by Crippen LogP contribution is -2.14. The molecule has 0 unspecified atom stereocenters. The van der Waals surface area contributed by atoms with E-state index in [9.17, 15) is 8.42 Å². The molecule has 24 heavy (non-hydrogen) atoms. The van der Waals surface area contributed by atoms with Gasteiger partial charge in [-0.25, -0.2) is 8.42 Å². The van der Waals surface area contributed by atoms with Crippen LogP contribution >= 0.6 is 11.6 Å². The molecule has 3 aromatic rings. The van der Waals surface area contributed by atoms with Crippen molar-refractivity contribution >= 4 is 43.9 Å². The summed E-state index contributed by atoms with van der Waals surface area (Å²) in [7, 11) is -0.0493. The Morgan fingerprint density at radius 2 is 1.79 bits per heavy atom. The van der Waals surface area contributed by atoms with Gasteiger partial charge in [-0.2, -0.15) is 0 Å². The van der Waals surface area contributed by atoms with Crippen molar-refractivity contribution in [1.82, 2.24) is 5.16 Å². The van der Waals surface area contributed by atoms with Crippen molar-refractivity contribution in [1.29, 1.82) is 0 Å². The lowest BCUT2D eigenvalue weighted by atomic mass is 10.1. The normalized spacial score (nSPS) is 11.7. The van der Waals surface area contributed by atoms with Crippen LogP contribution in [0.15, 0.2) is 45.8 Å². The van der Waals surface area contributed by atoms with Crippen molar-refractivity contribution in [3.05, 3.63) is 47.2 Å². The molecule has 0 spiro atoms. The second kappa shape index (κ2) is 5.99. The first-order chi connectivity index (χ1) is 11.3. The molecule has 0 atom stereocenters. The Hall–Kier alpha value is -2.25. The van der Waals surface area contributed by atoms with E-state index in [1.54, 1.807) is 25.1 Å². The van der Waals surface area contributed by atoms with E-state index in [4.69, 9.17) is 16.1 Å². The fourth-order valence-electron chi connectivity index (χ4n) is 2.50. The monoisotopic (exact) mass is 365 g/mol. The van der Waals surface area contributed by atoms with Gasteiger partial charge in [0.2, 0.25) is 5.82 Å². The second-order valence-corrected chi connectivity index (χ2v) is 7.56. The minimum atomic E-state index is -3.87. The molecule has 1 heterocycles. The SMILES string of the molecule is Cc1onc(NS(=O)(=O)c2cccc3c(N(C)C)cccc23)c1Cl. The summed E-state index contributed by atoms with van der Waals surface area (Å²) in [4.78, 5) is 2.09. The van der Waals surface area contributed by atoms with E-state index < -0.39 is 10.0 Å². The lowest BCUT2D eigenvalue weighted by molar-refractivity contribution is 0.400. The van der Waals surface area contributed by atoms with E-state index in [2.05, 4.69) is 9.88 Å². The van der Waals surface area contributed by atoms with Gasteiger partial charge in [-0.1, -0.05) is 41.0 Å². The number of halogens is 1. The number of anilines is 2. The molecule has 0 aliphatic carbocycles. The number of hydrogen-bond donors (Lipinski definition) is 1. The maximum absolute atomic E-state index is 12.8. The van der Waals surface area contributed by atoms with Gasteiger partial charge in [0, 0.05) is 30.6 Å². The molecule has 6 nitrogen and oxygen atoms in total. The maximum atomic E-state index is 12.8. The number of aromatic nitrogens is 1. The zero-order valence-corrected chi connectivity index (χ0v) is 14.9. The third-order valence-electron chi connectivity index (χ3n) is 3.65. The van der Waals surface area contributed by atoms with Crippen LogP contribution in [0, 0.1) is 6.92 Å². The molecule has 0 bridgehead atoms. The Balaban J connectivity index is 2.15. The van der Waals surface area contributed by atoms with E-state index in [0.29, 0.717) is 11.1 Å². The highest BCUT2D eigenvalue weighted by Crippen LogP contribution is 2.32. The number of aryl methyl sites for hydroxylation is 1. The second-order valence-electron chi connectivity index (χ2n) is 5.53. The van der Waals surface area contributed by atoms with E-state index in [1.165, 1.54) is 0 Å². The van der Waals surface area contributed by atoms with Gasteiger partial charge in [0.05, 0.1) is 4.90 Å². The summed E-state index contributed by atoms with van der Waals surface area (Å²) in [6, 6.07) is 10.7. The molecule has 0 radical (unpaired) electrons. The van der Waals surface area contributed by atoms with Crippen molar-refractivity contribution in [3.8, 4) is 0 Å². The van der Waals surface area contributed by atoms with Crippen molar-refractivity contribution in [2.75, 3.05) is 23.7 Å². The highest BCUT2D eigenvalue weighted by Gasteiger charge is 2.22. The van der Waals surface area contributed by atoms with Crippen LogP contribution in [-0.2, 0) is 10.0 Å². The van der Waals surface area contributed by atoms with Crippen LogP contribution in [0.1, 0.15) is 5.76 Å². The minimum Gasteiger partial charge on any atom is -0.377 e. The van der Waals surface area contributed by atoms with Crippen molar-refractivity contribution < 1.29 is 12.9 Å². The summed E-state index contributed by atoms with van der Waals surface area (Å²) in [6.45, 7) is 1.61. The average Bonchev–Trinajstić information content (AvgIpc) is 2.85. The molecule has 0 fully saturated rings. The molecule has 0 aliphatic heterocycles. The van der Waals surface area contributed by atoms with Gasteiger partial charge in [-0.05, 0) is 19.1 Å². The van der Waals surface area contributed by atoms with Crippen molar-refractivity contribution in [3.63, 3.8) is 0 Å². The Morgan fingerprint density at radius 3 is 2.42 bits per heavy atom. The highest BCUT2D eigenvalue weighted by atomic mass is 35.5. The van der Waals surface area contributed by atoms with Gasteiger partial charge < -0.3 is 9.42 Å². The van der Waals surface area contributed by atoms with Crippen molar-refractivity contribution in [2.24, 2.45) is 0 Å². The summed E-state index contributed by atoms with van der Waals surface area (Å²) in [5.74, 6) is 0.331. The van der Waals surface area contributed by atoms with Gasteiger partial charge in [0.1, 0.15) is 5.02 Å². The molecule has 8 heteroatoms. The van der Waals surface area contributed by atoms with Crippen molar-refractivity contribution in [2.45, 2.75) is 11.8 Å². The molecule has 3 rings (SSSR count). The number of nitrogens with one attached hydrogen (secondary N) is 1. The first kappa shape index (κ1) is 16.6. The van der Waals surface area contributed by atoms with Crippen LogP contribution in [0.4, 0.5) is 11.5 Å². The topological polar surface area (TPSA) is 75.4 Å². The zero-order valence-electron chi connectivity index (χ0n) is 13.4. The van der Waals surface area contributed by atoms with Gasteiger partial charge in [0.15, 0.2) is 5.76 Å². The molecule has 126 valence electrons. The molecule has 1 N–H and O–H groups in total. The highest BCUT2D eigenvalue weighted by molar-refractivity contribution is 7.93. The first-order valence-corrected chi connectivity index (χ1v) is 9.01. The Labute approximate surface area is 145 Å². The first-order valence-electron chi connectivity index (χ1n) is 7.15. The molecular weight excluding hydrogens is 350 g/mol. The zero-order chi connectivity index (χ0) is 17.5. The average molecular weight is 366 g/mol. The Morgan fingerprint density at radius 1 is 1.12 bits per heavy atom. The number of benzene rings is 2. The summed E-state index contributed by atoms with van der Waals surface area (Å²) in [5.41, 5.74) is 0.930. The Kier molecular flexibility index (Phi) is 4.15. The summed E-state index contributed by atoms with van der Waals surface area (Å²) in [5, 5.41) is 5.25. The predicted molar refractivity (Wildman–Crippen MR) is 95.3 cm³/mol. The molecule has 0 amide bonds. The van der Waals surface area contributed by atoms with Crippen LogP contribution in [0.2, 0.25) is 5.02 Å². The molecular formula is C16H16ClN3O3S. The summed E-state index contributed by atoms with van der Waals surface area (Å²) >= 11 is 6.00. The number of fused-ring (bicyclic) bond motifs is 1. The van der Waals surface area contributed by atoms with Gasteiger partial charge in [0.25, 0.3) is 10.0 Å². The van der Waals surface area contributed by atoms with Crippen LogP contribution in [-0.4, -0.2) is 27.7 Å². The quantitative estimate of drug-likeness (QED) is 0.763. The number of nitrogens with zero attached hydrogens (tertiary/aromatic N) is 2. The third-order valence-corrected chi connectivity index (χ3v) is 5.49. The Bertz CT molecular complexity index is 1010. The standard InChI is InChI=1S/C16H16ClN3O3S/c1-10-15(17)16(18-23-10)19-24(21,22)14-9-5-6-11-12(14)7-4-8-13(11)20(2)3/h4-9H,1-3H3,(H,18,19). The maximum Gasteiger partial charge on any atom is 0.263 e. The van der Waals surface area contributed by atoms with E-state index in [-0.39, 0.29) is 15.7 Å². The molecule has 0 saturated carbocycles. The summed E-state index contributed by atoms with van der Waals surface area (Å²) in [6.07, 6.45) is 0. The van der Waals surface area contributed by atoms with Crippen LogP contribution < -0.4 is 9.62 Å².